The summed E-state index contributed by atoms with van der Waals surface area (Å²) in [4.78, 5) is 15.3. The minimum atomic E-state index is -0.493. The predicted octanol–water partition coefficient (Wildman–Crippen LogP) is 2.13. The number of furan rings is 1. The highest BCUT2D eigenvalue weighted by molar-refractivity contribution is 5.98. The number of primary amides is 1. The highest BCUT2D eigenvalue weighted by atomic mass is 16.3. The molecule has 4 heteroatoms. The monoisotopic (exact) mass is 214 g/mol. The smallest absolute Gasteiger partial charge is 0.250 e. The molecule has 4 nitrogen and oxygen atoms in total. The van der Waals surface area contributed by atoms with Crippen molar-refractivity contribution >= 4 is 17.8 Å². The maximum absolute atomic E-state index is 11.1. The van der Waals surface area contributed by atoms with E-state index in [0.29, 0.717) is 17.0 Å². The molecule has 0 radical (unpaired) electrons. The van der Waals surface area contributed by atoms with Gasteiger partial charge in [0.25, 0.3) is 5.91 Å². The Morgan fingerprint density at radius 2 is 2.06 bits per heavy atom. The van der Waals surface area contributed by atoms with Crippen LogP contribution in [0.4, 0.5) is 5.69 Å². The SMILES string of the molecule is NC(=O)c1ccccc1N=Cc1ccco1. The zero-order valence-corrected chi connectivity index (χ0v) is 8.46. The second kappa shape index (κ2) is 4.44. The van der Waals surface area contributed by atoms with E-state index >= 15 is 0 Å². The van der Waals surface area contributed by atoms with E-state index in [0.717, 1.165) is 0 Å². The fraction of sp³-hybridized carbons (Fsp3) is 0. The van der Waals surface area contributed by atoms with E-state index in [1.165, 1.54) is 0 Å². The summed E-state index contributed by atoms with van der Waals surface area (Å²) in [6, 6.07) is 10.4. The Hall–Kier alpha value is -2.36. The first-order valence-electron chi connectivity index (χ1n) is 4.74. The van der Waals surface area contributed by atoms with Crippen LogP contribution in [0, 0.1) is 0 Å². The van der Waals surface area contributed by atoms with Gasteiger partial charge in [-0.15, -0.1) is 0 Å². The highest BCUT2D eigenvalue weighted by Gasteiger charge is 2.04. The first-order valence-corrected chi connectivity index (χ1v) is 4.74. The molecule has 0 fully saturated rings. The summed E-state index contributed by atoms with van der Waals surface area (Å²) >= 11 is 0. The van der Waals surface area contributed by atoms with Crippen molar-refractivity contribution in [3.63, 3.8) is 0 Å². The number of rotatable bonds is 3. The summed E-state index contributed by atoms with van der Waals surface area (Å²) in [6.07, 6.45) is 3.10. The van der Waals surface area contributed by atoms with Gasteiger partial charge < -0.3 is 10.2 Å². The summed E-state index contributed by atoms with van der Waals surface area (Å²) in [6.45, 7) is 0. The van der Waals surface area contributed by atoms with Crippen LogP contribution in [-0.2, 0) is 0 Å². The van der Waals surface area contributed by atoms with Gasteiger partial charge in [-0.25, -0.2) is 0 Å². The lowest BCUT2D eigenvalue weighted by Crippen LogP contribution is -2.10. The van der Waals surface area contributed by atoms with Crippen molar-refractivity contribution in [2.75, 3.05) is 0 Å². The Bertz CT molecular complexity index is 516. The topological polar surface area (TPSA) is 68.6 Å². The maximum atomic E-state index is 11.1. The molecule has 0 spiro atoms. The number of hydrogen-bond acceptors (Lipinski definition) is 3. The molecule has 0 atom stereocenters. The molecule has 1 aromatic carbocycles. The van der Waals surface area contributed by atoms with Crippen molar-refractivity contribution in [2.45, 2.75) is 0 Å². The lowest BCUT2D eigenvalue weighted by Gasteiger charge is -1.99. The number of aliphatic imine (C=N–C) groups is 1. The van der Waals surface area contributed by atoms with Crippen molar-refractivity contribution in [3.8, 4) is 0 Å². The quantitative estimate of drug-likeness (QED) is 0.795. The minimum Gasteiger partial charge on any atom is -0.463 e. The first-order chi connectivity index (χ1) is 7.77. The lowest BCUT2D eigenvalue weighted by molar-refractivity contribution is 0.100. The van der Waals surface area contributed by atoms with Gasteiger partial charge in [0.1, 0.15) is 5.76 Å². The van der Waals surface area contributed by atoms with Crippen molar-refractivity contribution < 1.29 is 9.21 Å². The zero-order valence-electron chi connectivity index (χ0n) is 8.46. The fourth-order valence-electron chi connectivity index (χ4n) is 1.29. The van der Waals surface area contributed by atoms with Crippen LogP contribution in [0.3, 0.4) is 0 Å². The molecule has 80 valence electrons. The molecule has 0 bridgehead atoms. The van der Waals surface area contributed by atoms with Gasteiger partial charge >= 0.3 is 0 Å². The number of amides is 1. The summed E-state index contributed by atoms with van der Waals surface area (Å²) in [5.74, 6) is 0.131. The third kappa shape index (κ3) is 2.17. The Labute approximate surface area is 92.4 Å². The highest BCUT2D eigenvalue weighted by Crippen LogP contribution is 2.17. The van der Waals surface area contributed by atoms with Crippen LogP contribution in [-0.4, -0.2) is 12.1 Å². The average molecular weight is 214 g/mol. The summed E-state index contributed by atoms with van der Waals surface area (Å²) in [5, 5.41) is 0. The molecule has 0 aliphatic heterocycles. The number of para-hydroxylation sites is 1. The molecule has 2 rings (SSSR count). The van der Waals surface area contributed by atoms with Gasteiger partial charge in [-0.3, -0.25) is 9.79 Å². The first kappa shape index (κ1) is 10.2. The van der Waals surface area contributed by atoms with E-state index in [1.807, 2.05) is 0 Å². The Morgan fingerprint density at radius 1 is 1.25 bits per heavy atom. The Morgan fingerprint density at radius 3 is 2.75 bits per heavy atom. The molecule has 1 aromatic heterocycles. The van der Waals surface area contributed by atoms with Crippen LogP contribution in [0.15, 0.2) is 52.1 Å². The molecule has 1 heterocycles. The average Bonchev–Trinajstić information content (AvgIpc) is 2.79. The molecule has 0 saturated carbocycles. The van der Waals surface area contributed by atoms with Crippen molar-refractivity contribution in [3.05, 3.63) is 54.0 Å². The van der Waals surface area contributed by atoms with E-state index in [1.54, 1.807) is 48.9 Å². The predicted molar refractivity (Wildman–Crippen MR) is 60.9 cm³/mol. The second-order valence-corrected chi connectivity index (χ2v) is 3.16. The third-order valence-corrected chi connectivity index (χ3v) is 2.04. The molecular weight excluding hydrogens is 204 g/mol. The van der Waals surface area contributed by atoms with Crippen molar-refractivity contribution in [2.24, 2.45) is 10.7 Å². The van der Waals surface area contributed by atoms with E-state index in [2.05, 4.69) is 4.99 Å². The molecular formula is C12H10N2O2. The van der Waals surface area contributed by atoms with Crippen molar-refractivity contribution in [1.29, 1.82) is 0 Å². The standard InChI is InChI=1S/C12H10N2O2/c13-12(15)10-5-1-2-6-11(10)14-8-9-4-3-7-16-9/h1-8H,(H2,13,15). The largest absolute Gasteiger partial charge is 0.463 e. The molecule has 0 saturated heterocycles. The lowest BCUT2D eigenvalue weighted by atomic mass is 10.2. The molecule has 0 aliphatic rings. The van der Waals surface area contributed by atoms with Gasteiger partial charge in [0.05, 0.1) is 23.7 Å². The van der Waals surface area contributed by atoms with Crippen LogP contribution < -0.4 is 5.73 Å². The number of nitrogens with zero attached hydrogens (tertiary/aromatic N) is 1. The molecule has 0 aliphatic carbocycles. The van der Waals surface area contributed by atoms with E-state index in [9.17, 15) is 4.79 Å². The van der Waals surface area contributed by atoms with Gasteiger partial charge in [0, 0.05) is 0 Å². The maximum Gasteiger partial charge on any atom is 0.250 e. The fourth-order valence-corrected chi connectivity index (χ4v) is 1.29. The van der Waals surface area contributed by atoms with Crippen LogP contribution in [0.2, 0.25) is 0 Å². The number of carbonyl (C=O) groups is 1. The van der Waals surface area contributed by atoms with E-state index in [4.69, 9.17) is 10.2 Å². The van der Waals surface area contributed by atoms with Gasteiger partial charge in [-0.1, -0.05) is 12.1 Å². The van der Waals surface area contributed by atoms with Gasteiger partial charge in [0.2, 0.25) is 0 Å². The molecule has 2 N–H and O–H groups in total. The molecule has 1 amide bonds. The van der Waals surface area contributed by atoms with Crippen LogP contribution >= 0.6 is 0 Å². The van der Waals surface area contributed by atoms with Crippen LogP contribution in [0.25, 0.3) is 0 Å². The zero-order chi connectivity index (χ0) is 11.4. The second-order valence-electron chi connectivity index (χ2n) is 3.16. The van der Waals surface area contributed by atoms with Gasteiger partial charge in [-0.05, 0) is 24.3 Å². The summed E-state index contributed by atoms with van der Waals surface area (Å²) in [7, 11) is 0. The Kier molecular flexibility index (Phi) is 2.82. The number of hydrogen-bond donors (Lipinski definition) is 1. The minimum absolute atomic E-state index is 0.394. The Balaban J connectivity index is 2.31. The number of benzene rings is 1. The molecule has 2 aromatic rings. The van der Waals surface area contributed by atoms with E-state index < -0.39 is 5.91 Å². The molecule has 16 heavy (non-hydrogen) atoms. The van der Waals surface area contributed by atoms with Crippen LogP contribution in [0.5, 0.6) is 0 Å². The van der Waals surface area contributed by atoms with Crippen LogP contribution in [0.1, 0.15) is 16.1 Å². The van der Waals surface area contributed by atoms with E-state index in [-0.39, 0.29) is 0 Å². The van der Waals surface area contributed by atoms with Gasteiger partial charge in [0.15, 0.2) is 0 Å². The van der Waals surface area contributed by atoms with Crippen molar-refractivity contribution in [1.82, 2.24) is 0 Å². The molecule has 0 unspecified atom stereocenters. The van der Waals surface area contributed by atoms with Gasteiger partial charge in [-0.2, -0.15) is 0 Å². The normalized spacial score (nSPS) is 10.8. The number of nitrogens with two attached hydrogens (primary N) is 1. The summed E-state index contributed by atoms with van der Waals surface area (Å²) < 4.78 is 5.09. The summed E-state index contributed by atoms with van der Waals surface area (Å²) in [5.41, 5.74) is 6.15. The number of carbonyl (C=O) groups excluding carboxylic acids is 1. The third-order valence-electron chi connectivity index (χ3n) is 2.04.